The number of nitrogens with one attached hydrogen (secondary N) is 1. The number of amides is 1. The molecule has 1 saturated heterocycles. The molecule has 9 heteroatoms. The van der Waals surface area contributed by atoms with Crippen LogP contribution >= 0.6 is 11.6 Å². The highest BCUT2D eigenvalue weighted by Crippen LogP contribution is 2.33. The number of nitro benzene ring substituents is 1. The van der Waals surface area contributed by atoms with E-state index in [9.17, 15) is 14.9 Å². The van der Waals surface area contributed by atoms with Crippen LogP contribution in [-0.2, 0) is 0 Å². The topological polar surface area (TPSA) is 98.9 Å². The van der Waals surface area contributed by atoms with Gasteiger partial charge in [0.1, 0.15) is 5.69 Å². The highest BCUT2D eigenvalue weighted by atomic mass is 35.5. The van der Waals surface area contributed by atoms with E-state index in [0.717, 1.165) is 5.69 Å². The Bertz CT molecular complexity index is 837. The van der Waals surface area contributed by atoms with Crippen LogP contribution in [0.3, 0.4) is 0 Å². The number of hydrogen-bond donors (Lipinski definition) is 2. The minimum absolute atomic E-state index is 0.0675. The van der Waals surface area contributed by atoms with E-state index in [-0.39, 0.29) is 16.9 Å². The molecule has 0 bridgehead atoms. The van der Waals surface area contributed by atoms with Gasteiger partial charge in [-0.15, -0.1) is 0 Å². The molecule has 0 unspecified atom stereocenters. The predicted molar refractivity (Wildman–Crippen MR) is 98.2 cm³/mol. The Balaban J connectivity index is 1.87. The monoisotopic (exact) mass is 376 g/mol. The lowest BCUT2D eigenvalue weighted by Gasteiger charge is -2.37. The summed E-state index contributed by atoms with van der Waals surface area (Å²) in [5.41, 5.74) is 2.65. The third-order valence-electron chi connectivity index (χ3n) is 4.33. The zero-order chi connectivity index (χ0) is 18.7. The fourth-order valence-corrected chi connectivity index (χ4v) is 3.30. The van der Waals surface area contributed by atoms with E-state index >= 15 is 0 Å². The Kier molecular flexibility index (Phi) is 5.24. The molecule has 1 aliphatic rings. The minimum atomic E-state index is -0.777. The van der Waals surface area contributed by atoms with Gasteiger partial charge in [0.2, 0.25) is 0 Å². The highest BCUT2D eigenvalue weighted by molar-refractivity contribution is 6.30. The third-order valence-corrected chi connectivity index (χ3v) is 4.56. The molecule has 0 aromatic heterocycles. The number of carbonyl (C=O) groups excluding carboxylic acids is 1. The fraction of sp³-hybridized carbons (Fsp3) is 0.235. The van der Waals surface area contributed by atoms with Gasteiger partial charge in [-0.2, -0.15) is 0 Å². The first-order valence-electron chi connectivity index (χ1n) is 7.98. The molecule has 2 aromatic rings. The molecule has 1 amide bonds. The normalized spacial score (nSPS) is 14.2. The van der Waals surface area contributed by atoms with Crippen LogP contribution in [0, 0.1) is 10.1 Å². The highest BCUT2D eigenvalue weighted by Gasteiger charge is 2.28. The van der Waals surface area contributed by atoms with E-state index in [1.807, 2.05) is 18.2 Å². The van der Waals surface area contributed by atoms with Crippen molar-refractivity contribution in [2.24, 2.45) is 0 Å². The summed E-state index contributed by atoms with van der Waals surface area (Å²) in [7, 11) is 0. The number of hydroxylamine groups is 1. The van der Waals surface area contributed by atoms with Gasteiger partial charge in [-0.05, 0) is 24.3 Å². The summed E-state index contributed by atoms with van der Waals surface area (Å²) < 4.78 is 0. The molecule has 1 aliphatic heterocycles. The second kappa shape index (κ2) is 7.59. The molecule has 3 rings (SSSR count). The number of halogens is 1. The number of hydrogen-bond acceptors (Lipinski definition) is 6. The third kappa shape index (κ3) is 3.56. The number of anilines is 2. The molecule has 0 aliphatic carbocycles. The van der Waals surface area contributed by atoms with Gasteiger partial charge in [0.25, 0.3) is 11.6 Å². The van der Waals surface area contributed by atoms with E-state index in [0.29, 0.717) is 31.2 Å². The summed E-state index contributed by atoms with van der Waals surface area (Å²) in [5.74, 6) is -0.777. The number of benzene rings is 2. The molecule has 0 spiro atoms. The summed E-state index contributed by atoms with van der Waals surface area (Å²) in [6, 6.07) is 11.7. The second-order valence-electron chi connectivity index (χ2n) is 5.83. The van der Waals surface area contributed by atoms with E-state index < -0.39 is 10.8 Å². The summed E-state index contributed by atoms with van der Waals surface area (Å²) in [6.45, 7) is 2.21. The molecule has 1 heterocycles. The number of nitro groups is 1. The van der Waals surface area contributed by atoms with Crippen LogP contribution in [0.5, 0.6) is 0 Å². The van der Waals surface area contributed by atoms with Crippen molar-refractivity contribution in [3.8, 4) is 0 Å². The molecule has 0 saturated carbocycles. The molecule has 0 atom stereocenters. The number of rotatable bonds is 4. The quantitative estimate of drug-likeness (QED) is 0.483. The molecule has 1 fully saturated rings. The first-order chi connectivity index (χ1) is 12.5. The Hall–Kier alpha value is -2.84. The average Bonchev–Trinajstić information content (AvgIpc) is 2.67. The lowest BCUT2D eigenvalue weighted by molar-refractivity contribution is -0.384. The summed E-state index contributed by atoms with van der Waals surface area (Å²) in [4.78, 5) is 26.8. The second-order valence-corrected chi connectivity index (χ2v) is 6.26. The van der Waals surface area contributed by atoms with Crippen LogP contribution in [0.15, 0.2) is 42.5 Å². The maximum atomic E-state index is 11.9. The maximum absolute atomic E-state index is 11.9. The molecule has 8 nitrogen and oxygen atoms in total. The van der Waals surface area contributed by atoms with Gasteiger partial charge in [0.05, 0.1) is 10.5 Å². The lowest BCUT2D eigenvalue weighted by Crippen LogP contribution is -2.47. The molecule has 2 N–H and O–H groups in total. The molecular weight excluding hydrogens is 360 g/mol. The van der Waals surface area contributed by atoms with E-state index in [1.54, 1.807) is 16.4 Å². The SMILES string of the molecule is O=C(NO)c1cccc([N+](=O)[O-])c1N1CCN(c2cccc(Cl)c2)CC1. The largest absolute Gasteiger partial charge is 0.368 e. The zero-order valence-corrected chi connectivity index (χ0v) is 14.5. The zero-order valence-electron chi connectivity index (χ0n) is 13.8. The standard InChI is InChI=1S/C17H17ClN4O4/c18-12-3-1-4-13(11-12)20-7-9-21(10-8-20)16-14(17(23)19-24)5-2-6-15(16)22(25)26/h1-6,11,24H,7-10H2,(H,19,23). The summed E-state index contributed by atoms with van der Waals surface area (Å²) in [6.07, 6.45) is 0. The summed E-state index contributed by atoms with van der Waals surface area (Å²) >= 11 is 6.04. The van der Waals surface area contributed by atoms with Crippen molar-refractivity contribution in [3.05, 3.63) is 63.2 Å². The molecule has 2 aromatic carbocycles. The van der Waals surface area contributed by atoms with Crippen molar-refractivity contribution in [3.63, 3.8) is 0 Å². The Labute approximate surface area is 154 Å². The van der Waals surface area contributed by atoms with Gasteiger partial charge in [-0.3, -0.25) is 20.1 Å². The van der Waals surface area contributed by atoms with Gasteiger partial charge in [-0.25, -0.2) is 5.48 Å². The van der Waals surface area contributed by atoms with Crippen LogP contribution in [0.4, 0.5) is 17.1 Å². The van der Waals surface area contributed by atoms with Crippen LogP contribution in [0.25, 0.3) is 0 Å². The molecule has 0 radical (unpaired) electrons. The Morgan fingerprint density at radius 1 is 1.12 bits per heavy atom. The van der Waals surface area contributed by atoms with Crippen LogP contribution in [0.2, 0.25) is 5.02 Å². The van der Waals surface area contributed by atoms with Crippen LogP contribution < -0.4 is 15.3 Å². The lowest BCUT2D eigenvalue weighted by atomic mass is 10.1. The number of piperazine rings is 1. The van der Waals surface area contributed by atoms with Gasteiger partial charge in [0, 0.05) is 43.0 Å². The van der Waals surface area contributed by atoms with E-state index in [2.05, 4.69) is 4.90 Å². The Morgan fingerprint density at radius 2 is 1.77 bits per heavy atom. The van der Waals surface area contributed by atoms with Crippen molar-refractivity contribution in [2.45, 2.75) is 0 Å². The van der Waals surface area contributed by atoms with Crippen molar-refractivity contribution in [2.75, 3.05) is 36.0 Å². The van der Waals surface area contributed by atoms with Crippen LogP contribution in [0.1, 0.15) is 10.4 Å². The average molecular weight is 377 g/mol. The molecule has 136 valence electrons. The fourth-order valence-electron chi connectivity index (χ4n) is 3.12. The van der Waals surface area contributed by atoms with Crippen molar-refractivity contribution >= 4 is 34.6 Å². The predicted octanol–water partition coefficient (Wildman–Crippen LogP) is 2.69. The number of carbonyl (C=O) groups is 1. The first kappa shape index (κ1) is 18.0. The van der Waals surface area contributed by atoms with E-state index in [4.69, 9.17) is 16.8 Å². The summed E-state index contributed by atoms with van der Waals surface area (Å²) in [5, 5.41) is 21.0. The Morgan fingerprint density at radius 3 is 2.38 bits per heavy atom. The van der Waals surface area contributed by atoms with Crippen molar-refractivity contribution in [1.82, 2.24) is 5.48 Å². The van der Waals surface area contributed by atoms with Gasteiger partial charge in [0.15, 0.2) is 0 Å². The smallest absolute Gasteiger partial charge is 0.293 e. The first-order valence-corrected chi connectivity index (χ1v) is 8.36. The van der Waals surface area contributed by atoms with Crippen LogP contribution in [-0.4, -0.2) is 42.2 Å². The minimum Gasteiger partial charge on any atom is -0.368 e. The van der Waals surface area contributed by atoms with Gasteiger partial charge in [-0.1, -0.05) is 23.7 Å². The number of para-hydroxylation sites is 1. The van der Waals surface area contributed by atoms with Crippen molar-refractivity contribution < 1.29 is 14.9 Å². The molecular formula is C17H17ClN4O4. The molecule has 26 heavy (non-hydrogen) atoms. The van der Waals surface area contributed by atoms with Gasteiger partial charge >= 0.3 is 0 Å². The van der Waals surface area contributed by atoms with Gasteiger partial charge < -0.3 is 9.80 Å². The van der Waals surface area contributed by atoms with Crippen molar-refractivity contribution in [1.29, 1.82) is 0 Å². The number of nitrogens with zero attached hydrogens (tertiary/aromatic N) is 3. The maximum Gasteiger partial charge on any atom is 0.293 e. The van der Waals surface area contributed by atoms with E-state index in [1.165, 1.54) is 18.2 Å².